The van der Waals surface area contributed by atoms with Crippen molar-refractivity contribution < 1.29 is 14.3 Å². The fourth-order valence-corrected chi connectivity index (χ4v) is 5.63. The van der Waals surface area contributed by atoms with Crippen molar-refractivity contribution in [1.82, 2.24) is 14.8 Å². The summed E-state index contributed by atoms with van der Waals surface area (Å²) in [6.07, 6.45) is 4.12. The van der Waals surface area contributed by atoms with E-state index in [0.29, 0.717) is 41.1 Å². The first-order chi connectivity index (χ1) is 14.1. The SMILES string of the molecule is Cc1ccn(-c2ccc3c(c2)OCO3)c(=O)c1C(=O)N1C[C@@H]2[C@H](C1)[C@@H]1CC[C@H]2N1.Cl. The molecule has 2 aromatic rings. The van der Waals surface area contributed by atoms with E-state index in [0.717, 1.165) is 18.7 Å². The first kappa shape index (κ1) is 19.5. The van der Waals surface area contributed by atoms with Crippen LogP contribution in [0.3, 0.4) is 0 Å². The Labute approximate surface area is 180 Å². The highest BCUT2D eigenvalue weighted by atomic mass is 35.5. The van der Waals surface area contributed by atoms with Crippen molar-refractivity contribution in [1.29, 1.82) is 0 Å². The lowest BCUT2D eigenvalue weighted by Crippen LogP contribution is -2.38. The standard InChI is InChI=1S/C22H23N3O4.ClH/c1-12-6-7-25(13-2-5-18-19(8-13)29-11-28-18)22(27)20(12)21(26)24-9-14-15(10-24)17-4-3-16(14)23-17;/h2,5-8,14-17,23H,3-4,9-11H2,1H3;1H/t14-,15+,16-,17+;. The Kier molecular flexibility index (Phi) is 4.56. The maximum Gasteiger partial charge on any atom is 0.268 e. The molecule has 1 N–H and O–H groups in total. The van der Waals surface area contributed by atoms with Gasteiger partial charge >= 0.3 is 0 Å². The molecule has 3 fully saturated rings. The number of likely N-dealkylation sites (tertiary alicyclic amines) is 1. The van der Waals surface area contributed by atoms with E-state index in [-0.39, 0.29) is 36.2 Å². The lowest BCUT2D eigenvalue weighted by Gasteiger charge is -2.20. The summed E-state index contributed by atoms with van der Waals surface area (Å²) in [5.74, 6) is 2.18. The molecule has 0 saturated carbocycles. The van der Waals surface area contributed by atoms with Gasteiger partial charge in [-0.3, -0.25) is 14.2 Å². The van der Waals surface area contributed by atoms with E-state index in [1.54, 1.807) is 18.3 Å². The lowest BCUT2D eigenvalue weighted by atomic mass is 9.82. The van der Waals surface area contributed by atoms with Gasteiger partial charge in [0.1, 0.15) is 5.56 Å². The van der Waals surface area contributed by atoms with Crippen LogP contribution in [0.5, 0.6) is 11.5 Å². The van der Waals surface area contributed by atoms with Crippen LogP contribution in [0.15, 0.2) is 35.3 Å². The molecule has 3 saturated heterocycles. The number of pyridine rings is 1. The largest absolute Gasteiger partial charge is 0.454 e. The average Bonchev–Trinajstić information content (AvgIpc) is 3.48. The van der Waals surface area contributed by atoms with Crippen LogP contribution in [0.4, 0.5) is 0 Å². The third-order valence-corrected chi connectivity index (χ3v) is 7.10. The second kappa shape index (κ2) is 7.03. The van der Waals surface area contributed by atoms with Crippen LogP contribution in [0.2, 0.25) is 0 Å². The number of aryl methyl sites for hydroxylation is 1. The molecule has 0 radical (unpaired) electrons. The molecule has 5 heterocycles. The minimum Gasteiger partial charge on any atom is -0.454 e. The molecule has 2 bridgehead atoms. The molecule has 4 aliphatic rings. The highest BCUT2D eigenvalue weighted by molar-refractivity contribution is 5.95. The van der Waals surface area contributed by atoms with Crippen molar-refractivity contribution in [3.8, 4) is 17.2 Å². The number of hydrogen-bond acceptors (Lipinski definition) is 5. The quantitative estimate of drug-likeness (QED) is 0.791. The number of fused-ring (bicyclic) bond motifs is 6. The Bertz CT molecular complexity index is 1070. The number of halogens is 1. The molecular weight excluding hydrogens is 406 g/mol. The maximum atomic E-state index is 13.4. The number of nitrogens with zero attached hydrogens (tertiary/aromatic N) is 2. The first-order valence-electron chi connectivity index (χ1n) is 10.3. The Morgan fingerprint density at radius 2 is 1.77 bits per heavy atom. The molecule has 1 aromatic heterocycles. The summed E-state index contributed by atoms with van der Waals surface area (Å²) < 4.78 is 12.3. The minimum atomic E-state index is -0.285. The molecule has 1 amide bonds. The van der Waals surface area contributed by atoms with Gasteiger partial charge in [0.2, 0.25) is 6.79 Å². The van der Waals surface area contributed by atoms with Crippen LogP contribution < -0.4 is 20.3 Å². The van der Waals surface area contributed by atoms with Crippen molar-refractivity contribution in [2.75, 3.05) is 19.9 Å². The maximum absolute atomic E-state index is 13.4. The highest BCUT2D eigenvalue weighted by Gasteiger charge is 2.52. The van der Waals surface area contributed by atoms with Crippen molar-refractivity contribution in [2.24, 2.45) is 11.8 Å². The predicted molar refractivity (Wildman–Crippen MR) is 113 cm³/mol. The van der Waals surface area contributed by atoms with Crippen molar-refractivity contribution in [2.45, 2.75) is 31.8 Å². The molecule has 6 rings (SSSR count). The number of amides is 1. The van der Waals surface area contributed by atoms with E-state index >= 15 is 0 Å². The van der Waals surface area contributed by atoms with E-state index < -0.39 is 0 Å². The predicted octanol–water partition coefficient (Wildman–Crippen LogP) is 2.12. The van der Waals surface area contributed by atoms with E-state index in [1.807, 2.05) is 24.0 Å². The Morgan fingerprint density at radius 1 is 1.07 bits per heavy atom. The Hall–Kier alpha value is -2.51. The fourth-order valence-electron chi connectivity index (χ4n) is 5.63. The van der Waals surface area contributed by atoms with Gasteiger partial charge in [-0.15, -0.1) is 12.4 Å². The van der Waals surface area contributed by atoms with Crippen molar-refractivity contribution >= 4 is 18.3 Å². The van der Waals surface area contributed by atoms with Gasteiger partial charge in [0.15, 0.2) is 11.5 Å². The van der Waals surface area contributed by atoms with Crippen LogP contribution >= 0.6 is 12.4 Å². The second-order valence-electron chi connectivity index (χ2n) is 8.58. The Morgan fingerprint density at radius 3 is 2.50 bits per heavy atom. The number of carbonyl (C=O) groups excluding carboxylic acids is 1. The zero-order chi connectivity index (χ0) is 19.7. The molecule has 0 spiro atoms. The molecular formula is C22H24ClN3O4. The topological polar surface area (TPSA) is 72.8 Å². The monoisotopic (exact) mass is 429 g/mol. The van der Waals surface area contributed by atoms with Crippen LogP contribution in [-0.4, -0.2) is 47.3 Å². The molecule has 0 unspecified atom stereocenters. The normalized spacial score (nSPS) is 27.8. The Balaban J connectivity index is 0.00000193. The first-order valence-corrected chi connectivity index (χ1v) is 10.3. The van der Waals surface area contributed by atoms with E-state index in [4.69, 9.17) is 9.47 Å². The number of nitrogens with one attached hydrogen (secondary N) is 1. The van der Waals surface area contributed by atoms with Crippen LogP contribution in [0.25, 0.3) is 5.69 Å². The zero-order valence-corrected chi connectivity index (χ0v) is 17.5. The molecule has 30 heavy (non-hydrogen) atoms. The molecule has 7 nitrogen and oxygen atoms in total. The highest BCUT2D eigenvalue weighted by Crippen LogP contribution is 2.43. The molecule has 4 aliphatic heterocycles. The molecule has 8 heteroatoms. The van der Waals surface area contributed by atoms with Gasteiger partial charge in [-0.2, -0.15) is 0 Å². The van der Waals surface area contributed by atoms with Crippen LogP contribution in [-0.2, 0) is 0 Å². The second-order valence-corrected chi connectivity index (χ2v) is 8.58. The lowest BCUT2D eigenvalue weighted by molar-refractivity contribution is 0.0776. The van der Waals surface area contributed by atoms with Gasteiger partial charge in [-0.05, 0) is 55.4 Å². The molecule has 4 atom stereocenters. The summed E-state index contributed by atoms with van der Waals surface area (Å²) in [5.41, 5.74) is 1.36. The zero-order valence-electron chi connectivity index (χ0n) is 16.7. The van der Waals surface area contributed by atoms with Gasteiger partial charge in [-0.1, -0.05) is 0 Å². The fraction of sp³-hybridized carbons (Fsp3) is 0.455. The number of ether oxygens (including phenoxy) is 2. The summed E-state index contributed by atoms with van der Waals surface area (Å²) in [4.78, 5) is 28.6. The summed E-state index contributed by atoms with van der Waals surface area (Å²) in [7, 11) is 0. The van der Waals surface area contributed by atoms with Crippen LogP contribution in [0.1, 0.15) is 28.8 Å². The minimum absolute atomic E-state index is 0. The number of aromatic nitrogens is 1. The summed E-state index contributed by atoms with van der Waals surface area (Å²) in [6, 6.07) is 8.27. The average molecular weight is 430 g/mol. The van der Waals surface area contributed by atoms with E-state index in [2.05, 4.69) is 5.32 Å². The summed E-state index contributed by atoms with van der Waals surface area (Å²) in [6.45, 7) is 3.51. The smallest absolute Gasteiger partial charge is 0.268 e. The van der Waals surface area contributed by atoms with E-state index in [1.165, 1.54) is 17.4 Å². The van der Waals surface area contributed by atoms with Crippen molar-refractivity contribution in [3.63, 3.8) is 0 Å². The number of carbonyl (C=O) groups is 1. The van der Waals surface area contributed by atoms with Gasteiger partial charge in [0.05, 0.1) is 5.69 Å². The van der Waals surface area contributed by atoms with E-state index in [9.17, 15) is 9.59 Å². The number of rotatable bonds is 2. The number of benzene rings is 1. The third-order valence-electron chi connectivity index (χ3n) is 7.10. The summed E-state index contributed by atoms with van der Waals surface area (Å²) >= 11 is 0. The van der Waals surface area contributed by atoms with Gasteiger partial charge in [-0.25, -0.2) is 0 Å². The molecule has 1 aromatic carbocycles. The number of hydrogen-bond donors (Lipinski definition) is 1. The summed E-state index contributed by atoms with van der Waals surface area (Å²) in [5, 5.41) is 3.68. The third kappa shape index (κ3) is 2.76. The molecule has 158 valence electrons. The van der Waals surface area contributed by atoms with Crippen molar-refractivity contribution in [3.05, 3.63) is 51.9 Å². The van der Waals surface area contributed by atoms with Gasteiger partial charge < -0.3 is 19.7 Å². The molecule has 0 aliphatic carbocycles. The van der Waals surface area contributed by atoms with Crippen LogP contribution in [0, 0.1) is 18.8 Å². The van der Waals surface area contributed by atoms with Gasteiger partial charge in [0, 0.05) is 37.4 Å². The van der Waals surface area contributed by atoms with Gasteiger partial charge in [0.25, 0.3) is 11.5 Å².